The van der Waals surface area contributed by atoms with Gasteiger partial charge in [0.1, 0.15) is 23.0 Å². The molecular weight excluding hydrogens is 876 g/mol. The quantitative estimate of drug-likeness (QED) is 0.106. The van der Waals surface area contributed by atoms with Gasteiger partial charge in [-0.15, -0.1) is 0 Å². The van der Waals surface area contributed by atoms with Crippen LogP contribution in [0.1, 0.15) is 62.4 Å². The van der Waals surface area contributed by atoms with Gasteiger partial charge in [-0.05, 0) is 171 Å². The Morgan fingerprint density at radius 3 is 1.21 bits per heavy atom. The van der Waals surface area contributed by atoms with E-state index in [1.165, 1.54) is 44.5 Å². The van der Waals surface area contributed by atoms with Crippen molar-refractivity contribution >= 4 is 62.8 Å². The molecular formula is C67H53BN2O2. The van der Waals surface area contributed by atoms with Crippen molar-refractivity contribution in [2.45, 2.75) is 45.4 Å². The van der Waals surface area contributed by atoms with Crippen LogP contribution in [-0.2, 0) is 10.8 Å². The van der Waals surface area contributed by atoms with Crippen LogP contribution in [0.15, 0.2) is 225 Å². The van der Waals surface area contributed by atoms with Crippen molar-refractivity contribution < 1.29 is 9.47 Å². The van der Waals surface area contributed by atoms with E-state index in [0.717, 1.165) is 84.6 Å². The second-order valence-corrected chi connectivity index (χ2v) is 20.5. The molecule has 4 nitrogen and oxygen atoms in total. The molecule has 0 spiro atoms. The summed E-state index contributed by atoms with van der Waals surface area (Å²) in [5, 5.41) is 0. The first-order chi connectivity index (χ1) is 35.1. The normalized spacial score (nSPS) is 14.7. The molecule has 0 radical (unpaired) electrons. The summed E-state index contributed by atoms with van der Waals surface area (Å²) < 4.78 is 14.4. The van der Waals surface area contributed by atoms with Crippen molar-refractivity contribution in [1.29, 1.82) is 0 Å². The average molecular weight is 929 g/mol. The molecule has 0 N–H and O–H groups in total. The molecule has 0 unspecified atom stereocenters. The van der Waals surface area contributed by atoms with Crippen LogP contribution in [0.2, 0.25) is 0 Å². The molecule has 4 aliphatic rings. The van der Waals surface area contributed by atoms with Gasteiger partial charge in [0.2, 0.25) is 0 Å². The Bertz CT molecular complexity index is 3420. The SMILES string of the molecule is C=C/C=C(\C=C/C)c1cc2c3c(c1)Oc1cc4c(cc1B3c1cc3c(cc1O2)-c1ccc(N(c2ccccc2)c2ccccc2)cc1C3(C)C)C(C)(C)c1cc(N(c2ccccc2)c2ccccc2)ccc1-4. The van der Waals surface area contributed by atoms with Crippen molar-refractivity contribution in [2.24, 2.45) is 0 Å². The molecule has 9 aromatic rings. The fraction of sp³-hybridized carbons (Fsp3) is 0.104. The topological polar surface area (TPSA) is 24.9 Å². The second kappa shape index (κ2) is 16.5. The molecule has 0 saturated carbocycles. The summed E-state index contributed by atoms with van der Waals surface area (Å²) in [6.45, 7) is 15.5. The summed E-state index contributed by atoms with van der Waals surface area (Å²) in [6, 6.07) is 70.5. The lowest BCUT2D eigenvalue weighted by molar-refractivity contribution is 0.464. The number of benzene rings is 9. The highest BCUT2D eigenvalue weighted by Crippen LogP contribution is 2.55. The molecule has 0 bridgehead atoms. The largest absolute Gasteiger partial charge is 0.458 e. The molecule has 0 saturated heterocycles. The average Bonchev–Trinajstić information content (AvgIpc) is 3.76. The Morgan fingerprint density at radius 1 is 0.444 bits per heavy atom. The molecule has 5 heteroatoms. The van der Waals surface area contributed by atoms with Gasteiger partial charge in [0.25, 0.3) is 6.71 Å². The molecule has 346 valence electrons. The first-order valence-electron chi connectivity index (χ1n) is 25.1. The monoisotopic (exact) mass is 928 g/mol. The number of fused-ring (bicyclic) bond motifs is 10. The first kappa shape index (κ1) is 43.5. The van der Waals surface area contributed by atoms with Crippen LogP contribution in [-0.4, -0.2) is 6.71 Å². The van der Waals surface area contributed by atoms with Crippen LogP contribution >= 0.6 is 0 Å². The molecule has 0 fully saturated rings. The summed E-state index contributed by atoms with van der Waals surface area (Å²) in [6.07, 6.45) is 8.08. The number of hydrogen-bond acceptors (Lipinski definition) is 4. The lowest BCUT2D eigenvalue weighted by atomic mass is 9.34. The van der Waals surface area contributed by atoms with E-state index in [1.807, 2.05) is 19.1 Å². The van der Waals surface area contributed by atoms with Crippen LogP contribution in [0.4, 0.5) is 34.1 Å². The van der Waals surface area contributed by atoms with E-state index in [9.17, 15) is 0 Å². The third kappa shape index (κ3) is 6.68. The second-order valence-electron chi connectivity index (χ2n) is 20.5. The highest BCUT2D eigenvalue weighted by atomic mass is 16.5. The summed E-state index contributed by atoms with van der Waals surface area (Å²) in [5.41, 5.74) is 21.6. The van der Waals surface area contributed by atoms with Gasteiger partial charge < -0.3 is 19.3 Å². The molecule has 2 aliphatic carbocycles. The lowest BCUT2D eigenvalue weighted by Gasteiger charge is -2.35. The van der Waals surface area contributed by atoms with Crippen LogP contribution in [0.5, 0.6) is 23.0 Å². The number of anilines is 6. The summed E-state index contributed by atoms with van der Waals surface area (Å²) >= 11 is 0. The number of nitrogens with zero attached hydrogens (tertiary/aromatic N) is 2. The van der Waals surface area contributed by atoms with E-state index in [-0.39, 0.29) is 17.5 Å². The van der Waals surface area contributed by atoms with Gasteiger partial charge in [-0.2, -0.15) is 0 Å². The van der Waals surface area contributed by atoms with E-state index in [2.05, 4.69) is 250 Å². The predicted octanol–water partition coefficient (Wildman–Crippen LogP) is 16.1. The highest BCUT2D eigenvalue weighted by Gasteiger charge is 2.46. The van der Waals surface area contributed by atoms with Gasteiger partial charge in [-0.1, -0.05) is 156 Å². The van der Waals surface area contributed by atoms with Crippen LogP contribution in [0, 0.1) is 0 Å². The lowest BCUT2D eigenvalue weighted by Crippen LogP contribution is -2.57. The minimum atomic E-state index is -0.306. The van der Waals surface area contributed by atoms with Crippen molar-refractivity contribution in [2.75, 3.05) is 9.80 Å². The highest BCUT2D eigenvalue weighted by molar-refractivity contribution is 6.98. The Balaban J connectivity index is 0.967. The van der Waals surface area contributed by atoms with Crippen LogP contribution in [0.3, 0.4) is 0 Å². The number of allylic oxidation sites excluding steroid dienone is 5. The Morgan fingerprint density at radius 2 is 0.833 bits per heavy atom. The molecule has 2 heterocycles. The van der Waals surface area contributed by atoms with Crippen molar-refractivity contribution in [3.8, 4) is 45.3 Å². The smallest absolute Gasteiger partial charge is 0.260 e. The number of para-hydroxylation sites is 4. The van der Waals surface area contributed by atoms with E-state index in [1.54, 1.807) is 0 Å². The zero-order chi connectivity index (χ0) is 48.9. The number of ether oxygens (including phenoxy) is 2. The van der Waals surface area contributed by atoms with Gasteiger partial charge in [0, 0.05) is 50.4 Å². The zero-order valence-corrected chi connectivity index (χ0v) is 41.3. The van der Waals surface area contributed by atoms with Gasteiger partial charge in [0.05, 0.1) is 0 Å². The van der Waals surface area contributed by atoms with E-state index in [0.29, 0.717) is 0 Å². The van der Waals surface area contributed by atoms with Gasteiger partial charge in [-0.3, -0.25) is 0 Å². The summed E-state index contributed by atoms with van der Waals surface area (Å²) in [5.74, 6) is 3.38. The van der Waals surface area contributed by atoms with Gasteiger partial charge in [-0.25, -0.2) is 0 Å². The van der Waals surface area contributed by atoms with Gasteiger partial charge in [0.15, 0.2) is 0 Å². The molecule has 72 heavy (non-hydrogen) atoms. The maximum absolute atomic E-state index is 7.20. The van der Waals surface area contributed by atoms with Crippen molar-refractivity contribution in [3.63, 3.8) is 0 Å². The molecule has 0 aromatic heterocycles. The van der Waals surface area contributed by atoms with Crippen molar-refractivity contribution in [3.05, 3.63) is 253 Å². The minimum absolute atomic E-state index is 0.135. The molecule has 2 aliphatic heterocycles. The van der Waals surface area contributed by atoms with Crippen LogP contribution in [0.25, 0.3) is 27.8 Å². The minimum Gasteiger partial charge on any atom is -0.458 e. The van der Waals surface area contributed by atoms with E-state index >= 15 is 0 Å². The molecule has 0 amide bonds. The van der Waals surface area contributed by atoms with Crippen molar-refractivity contribution in [1.82, 2.24) is 0 Å². The fourth-order valence-corrected chi connectivity index (χ4v) is 12.1. The first-order valence-corrected chi connectivity index (χ1v) is 25.1. The summed E-state index contributed by atoms with van der Waals surface area (Å²) in [4.78, 5) is 4.71. The third-order valence-corrected chi connectivity index (χ3v) is 15.6. The van der Waals surface area contributed by atoms with E-state index < -0.39 is 0 Å². The fourth-order valence-electron chi connectivity index (χ4n) is 12.1. The van der Waals surface area contributed by atoms with E-state index in [4.69, 9.17) is 9.47 Å². The number of hydrogen-bond donors (Lipinski definition) is 0. The third-order valence-electron chi connectivity index (χ3n) is 15.6. The standard InChI is InChI=1S/C67H53BN2O2/c1-7-21-43(22-8-2)44-35-63-65-64(36-44)72-62-40-54-52-34-32-50(70(47-27-17-11-18-28-47)48-29-19-12-20-30-48)38-56(52)67(5,6)58(54)42-60(62)68(65)59-41-57-53(39-61(59)71-63)51-33-31-49(37-55(51)66(57,3)4)69(45-23-13-9-14-24-45)46-25-15-10-16-26-46/h7-42H,1H2,2-6H3/b22-8-,43-21+. The van der Waals surface area contributed by atoms with Gasteiger partial charge >= 0.3 is 0 Å². The number of rotatable bonds is 9. The molecule has 13 rings (SSSR count). The predicted molar refractivity (Wildman–Crippen MR) is 302 cm³/mol. The Kier molecular flexibility index (Phi) is 9.99. The molecule has 0 atom stereocenters. The summed E-state index contributed by atoms with van der Waals surface area (Å²) in [7, 11) is 0. The Hall–Kier alpha value is -8.54. The Labute approximate surface area is 423 Å². The maximum atomic E-state index is 7.20. The zero-order valence-electron chi connectivity index (χ0n) is 41.3. The molecule has 9 aromatic carbocycles. The van der Waals surface area contributed by atoms with Crippen LogP contribution < -0.4 is 35.7 Å². The maximum Gasteiger partial charge on any atom is 0.260 e.